The van der Waals surface area contributed by atoms with Crippen molar-refractivity contribution in [1.82, 2.24) is 20.5 Å². The van der Waals surface area contributed by atoms with E-state index in [1.165, 1.54) is 24.5 Å². The van der Waals surface area contributed by atoms with Crippen molar-refractivity contribution in [3.05, 3.63) is 35.3 Å². The summed E-state index contributed by atoms with van der Waals surface area (Å²) in [5, 5.41) is 19.5. The number of hydrogen-bond donors (Lipinski definition) is 5. The van der Waals surface area contributed by atoms with E-state index in [0.717, 1.165) is 0 Å². The average Bonchev–Trinajstić information content (AvgIpc) is 3.00. The number of hydrogen-bond acceptors (Lipinski definition) is 8. The van der Waals surface area contributed by atoms with Crippen molar-refractivity contribution in [2.45, 2.75) is 6.92 Å². The Bertz CT molecular complexity index is 866. The van der Waals surface area contributed by atoms with Crippen LogP contribution in [0, 0.1) is 17.5 Å². The zero-order valence-corrected chi connectivity index (χ0v) is 14.4. The highest BCUT2D eigenvalue weighted by Crippen LogP contribution is 2.19. The summed E-state index contributed by atoms with van der Waals surface area (Å²) in [7, 11) is -2.80. The van der Waals surface area contributed by atoms with Gasteiger partial charge in [0.2, 0.25) is 5.82 Å². The topological polar surface area (TPSA) is 149 Å². The zero-order chi connectivity index (χ0) is 18.4. The molecule has 0 bridgehead atoms. The third kappa shape index (κ3) is 5.48. The second kappa shape index (κ2) is 8.00. The lowest BCUT2D eigenvalue weighted by Crippen LogP contribution is -2.28. The fraction of sp³-hybridized carbons (Fsp3) is 0.308. The second-order valence-corrected chi connectivity index (χ2v) is 7.11. The molecule has 0 fully saturated rings. The standard InChI is InChI=1S/C13H18FN7O3S/c1-8-7-9(3-4-10(8)14)18-13(19-22)11-12(21-24-20-11)16-5-6-17-25(2,15)23/h3-4,7,22H,5-6H2,1-2H3,(H,16,21)(H,18,19)(H2,15,17,23). The van der Waals surface area contributed by atoms with Gasteiger partial charge in [0, 0.05) is 19.3 Å². The maximum absolute atomic E-state index is 13.3. The molecule has 1 heterocycles. The van der Waals surface area contributed by atoms with Crippen molar-refractivity contribution >= 4 is 27.3 Å². The van der Waals surface area contributed by atoms with E-state index in [0.29, 0.717) is 11.3 Å². The second-order valence-electron chi connectivity index (χ2n) is 5.13. The Balaban J connectivity index is 2.14. The molecule has 5 N–H and O–H groups in total. The molecular formula is C13H18FN7O3S. The molecule has 12 heteroatoms. The summed E-state index contributed by atoms with van der Waals surface area (Å²) in [5.41, 5.74) is 2.81. The molecule has 0 saturated carbocycles. The van der Waals surface area contributed by atoms with E-state index in [9.17, 15) is 13.8 Å². The van der Waals surface area contributed by atoms with Gasteiger partial charge in [-0.05, 0) is 41.0 Å². The number of anilines is 1. The van der Waals surface area contributed by atoms with Crippen molar-refractivity contribution in [2.75, 3.05) is 24.7 Å². The van der Waals surface area contributed by atoms with Gasteiger partial charge in [0.05, 0.1) is 5.69 Å². The van der Waals surface area contributed by atoms with Crippen LogP contribution in [0.15, 0.2) is 27.8 Å². The molecule has 0 aliphatic carbocycles. The number of nitrogens with zero attached hydrogens (tertiary/aromatic N) is 3. The van der Waals surface area contributed by atoms with Gasteiger partial charge >= 0.3 is 0 Å². The minimum atomic E-state index is -2.80. The van der Waals surface area contributed by atoms with Crippen LogP contribution in [0.4, 0.5) is 15.9 Å². The average molecular weight is 371 g/mol. The van der Waals surface area contributed by atoms with Gasteiger partial charge in [-0.2, -0.15) is 0 Å². The molecular weight excluding hydrogens is 353 g/mol. The fourth-order valence-electron chi connectivity index (χ4n) is 1.85. The molecule has 1 atom stereocenters. The minimum absolute atomic E-state index is 0.0532. The molecule has 1 aromatic heterocycles. The van der Waals surface area contributed by atoms with Gasteiger partial charge in [0.25, 0.3) is 0 Å². The molecule has 0 radical (unpaired) electrons. The van der Waals surface area contributed by atoms with Crippen LogP contribution in [0.2, 0.25) is 0 Å². The number of hydroxylamine groups is 1. The number of aryl methyl sites for hydroxylation is 1. The van der Waals surface area contributed by atoms with E-state index in [1.54, 1.807) is 6.92 Å². The van der Waals surface area contributed by atoms with Gasteiger partial charge in [-0.3, -0.25) is 10.7 Å². The van der Waals surface area contributed by atoms with Crippen molar-refractivity contribution in [2.24, 2.45) is 4.99 Å². The largest absolute Gasteiger partial charge is 0.364 e. The number of nitrogens with one attached hydrogen (secondary N) is 4. The van der Waals surface area contributed by atoms with E-state index < -0.39 is 9.92 Å². The Morgan fingerprint density at radius 1 is 1.44 bits per heavy atom. The Morgan fingerprint density at radius 2 is 2.20 bits per heavy atom. The Hall–Kier alpha value is -2.57. The van der Waals surface area contributed by atoms with Crippen LogP contribution in [0.25, 0.3) is 0 Å². The van der Waals surface area contributed by atoms with Crippen molar-refractivity contribution < 1.29 is 18.4 Å². The molecule has 0 saturated heterocycles. The molecule has 0 aliphatic heterocycles. The number of amidine groups is 1. The van der Waals surface area contributed by atoms with E-state index in [4.69, 9.17) is 4.78 Å². The number of halogens is 1. The van der Waals surface area contributed by atoms with Crippen LogP contribution in [0.1, 0.15) is 11.3 Å². The van der Waals surface area contributed by atoms with Crippen LogP contribution in [0.5, 0.6) is 0 Å². The highest BCUT2D eigenvalue weighted by molar-refractivity contribution is 7.89. The van der Waals surface area contributed by atoms with Crippen LogP contribution in [0.3, 0.4) is 0 Å². The molecule has 2 rings (SSSR count). The van der Waals surface area contributed by atoms with Gasteiger partial charge in [-0.15, -0.1) is 0 Å². The normalized spacial score (nSPS) is 14.2. The first kappa shape index (κ1) is 18.8. The predicted molar refractivity (Wildman–Crippen MR) is 89.8 cm³/mol. The molecule has 1 unspecified atom stereocenters. The number of rotatable bonds is 7. The summed E-state index contributed by atoms with van der Waals surface area (Å²) < 4.78 is 38.9. The molecule has 0 amide bonds. The van der Waals surface area contributed by atoms with Crippen LogP contribution in [-0.2, 0) is 9.92 Å². The summed E-state index contributed by atoms with van der Waals surface area (Å²) in [6.07, 6.45) is 1.27. The highest BCUT2D eigenvalue weighted by atomic mass is 32.2. The van der Waals surface area contributed by atoms with Crippen LogP contribution >= 0.6 is 0 Å². The maximum atomic E-state index is 13.3. The van der Waals surface area contributed by atoms with Crippen molar-refractivity contribution in [3.8, 4) is 0 Å². The third-order valence-electron chi connectivity index (χ3n) is 3.00. The summed E-state index contributed by atoms with van der Waals surface area (Å²) >= 11 is 0. The molecule has 0 aliphatic rings. The SMILES string of the molecule is Cc1cc(N=C(NO)c2nonc2NCCNS(C)(=N)=O)ccc1F. The quantitative estimate of drug-likeness (QED) is 0.212. The highest BCUT2D eigenvalue weighted by Gasteiger charge is 2.16. The lowest BCUT2D eigenvalue weighted by atomic mass is 10.2. The smallest absolute Gasteiger partial charge is 0.202 e. The molecule has 136 valence electrons. The van der Waals surface area contributed by atoms with Crippen molar-refractivity contribution in [1.29, 1.82) is 4.78 Å². The lowest BCUT2D eigenvalue weighted by molar-refractivity contribution is 0.234. The maximum Gasteiger partial charge on any atom is 0.202 e. The van der Waals surface area contributed by atoms with E-state index >= 15 is 0 Å². The van der Waals surface area contributed by atoms with Gasteiger partial charge in [-0.1, -0.05) is 0 Å². The molecule has 2 aromatic rings. The number of aliphatic imine (C=N–C) groups is 1. The first-order valence-electron chi connectivity index (χ1n) is 7.10. The monoisotopic (exact) mass is 371 g/mol. The van der Waals surface area contributed by atoms with Gasteiger partial charge in [-0.25, -0.2) is 27.7 Å². The fourth-order valence-corrected chi connectivity index (χ4v) is 2.34. The van der Waals surface area contributed by atoms with Gasteiger partial charge < -0.3 is 5.32 Å². The Kier molecular flexibility index (Phi) is 6.01. The van der Waals surface area contributed by atoms with Gasteiger partial charge in [0.1, 0.15) is 15.7 Å². The minimum Gasteiger partial charge on any atom is -0.364 e. The number of aromatic nitrogens is 2. The Labute approximate surface area is 143 Å². The summed E-state index contributed by atoms with van der Waals surface area (Å²) in [4.78, 5) is 4.14. The summed E-state index contributed by atoms with van der Waals surface area (Å²) in [5.74, 6) is -0.228. The molecule has 25 heavy (non-hydrogen) atoms. The summed E-state index contributed by atoms with van der Waals surface area (Å²) in [6.45, 7) is 2.11. The molecule has 10 nitrogen and oxygen atoms in total. The zero-order valence-electron chi connectivity index (χ0n) is 13.5. The van der Waals surface area contributed by atoms with Crippen LogP contribution < -0.4 is 15.5 Å². The van der Waals surface area contributed by atoms with E-state index in [1.807, 2.05) is 5.48 Å². The summed E-state index contributed by atoms with van der Waals surface area (Å²) in [6, 6.07) is 4.21. The van der Waals surface area contributed by atoms with E-state index in [-0.39, 0.29) is 36.3 Å². The lowest BCUT2D eigenvalue weighted by Gasteiger charge is -2.07. The number of benzene rings is 1. The predicted octanol–water partition coefficient (Wildman–Crippen LogP) is 1.17. The Morgan fingerprint density at radius 3 is 2.84 bits per heavy atom. The molecule has 0 spiro atoms. The molecule has 1 aromatic carbocycles. The van der Waals surface area contributed by atoms with Gasteiger partial charge in [0.15, 0.2) is 11.5 Å². The third-order valence-corrected chi connectivity index (χ3v) is 3.75. The first-order valence-corrected chi connectivity index (χ1v) is 9.07. The van der Waals surface area contributed by atoms with E-state index in [2.05, 4.69) is 30.0 Å². The van der Waals surface area contributed by atoms with Crippen molar-refractivity contribution in [3.63, 3.8) is 0 Å². The first-order chi connectivity index (χ1) is 11.8. The van der Waals surface area contributed by atoms with Crippen LogP contribution in [-0.4, -0.2) is 44.9 Å².